The zero-order valence-corrected chi connectivity index (χ0v) is 11.8. The predicted octanol–water partition coefficient (Wildman–Crippen LogP) is 1.46. The number of benzene rings is 1. The minimum absolute atomic E-state index is 0.180. The van der Waals surface area contributed by atoms with Crippen LogP contribution in [-0.4, -0.2) is 54.7 Å². The van der Waals surface area contributed by atoms with Crippen LogP contribution in [0.5, 0.6) is 0 Å². The molecule has 1 fully saturated rings. The Morgan fingerprint density at radius 1 is 1.11 bits per heavy atom. The maximum atomic E-state index is 9.79. The van der Waals surface area contributed by atoms with Crippen molar-refractivity contribution < 1.29 is 5.11 Å². The minimum atomic E-state index is 0.180. The first kappa shape index (κ1) is 13.1. The average Bonchev–Trinajstić information content (AvgIpc) is 2.89. The highest BCUT2D eigenvalue weighted by atomic mass is 16.3. The van der Waals surface area contributed by atoms with Gasteiger partial charge in [0.1, 0.15) is 0 Å². The molecule has 1 aliphatic carbocycles. The largest absolute Gasteiger partial charge is 0.394 e. The molecule has 1 atom stereocenters. The smallest absolute Gasteiger partial charge is 0.0628 e. The van der Waals surface area contributed by atoms with Crippen molar-refractivity contribution in [3.05, 3.63) is 34.9 Å². The summed E-state index contributed by atoms with van der Waals surface area (Å²) in [6.45, 7) is 4.53. The van der Waals surface area contributed by atoms with E-state index in [2.05, 4.69) is 35.0 Å². The summed E-state index contributed by atoms with van der Waals surface area (Å²) in [5.74, 6) is 0. The molecule has 1 saturated heterocycles. The molecule has 3 nitrogen and oxygen atoms in total. The fraction of sp³-hybridized carbons (Fsp3) is 0.625. The van der Waals surface area contributed by atoms with Crippen LogP contribution in [0.4, 0.5) is 0 Å². The SMILES string of the molecule is CN1CCN(C(CO)c2ccc3c(c2)CCC3)CC1. The van der Waals surface area contributed by atoms with Gasteiger partial charge >= 0.3 is 0 Å². The summed E-state index contributed by atoms with van der Waals surface area (Å²) in [5.41, 5.74) is 4.32. The number of piperazine rings is 1. The van der Waals surface area contributed by atoms with Crippen molar-refractivity contribution in [2.75, 3.05) is 39.8 Å². The fourth-order valence-corrected chi connectivity index (χ4v) is 3.36. The lowest BCUT2D eigenvalue weighted by atomic mass is 10.00. The van der Waals surface area contributed by atoms with Gasteiger partial charge in [0.25, 0.3) is 0 Å². The second-order valence-electron chi connectivity index (χ2n) is 5.92. The van der Waals surface area contributed by atoms with Gasteiger partial charge in [0.15, 0.2) is 0 Å². The first-order chi connectivity index (χ1) is 9.28. The molecule has 3 rings (SSSR count). The molecule has 104 valence electrons. The molecule has 1 N–H and O–H groups in total. The van der Waals surface area contributed by atoms with Gasteiger partial charge in [0.2, 0.25) is 0 Å². The Balaban J connectivity index is 1.78. The third-order valence-corrected chi connectivity index (χ3v) is 4.66. The molecule has 19 heavy (non-hydrogen) atoms. The molecule has 1 heterocycles. The summed E-state index contributed by atoms with van der Waals surface area (Å²) < 4.78 is 0. The van der Waals surface area contributed by atoms with Crippen LogP contribution in [0.3, 0.4) is 0 Å². The number of fused-ring (bicyclic) bond motifs is 1. The van der Waals surface area contributed by atoms with Crippen LogP contribution < -0.4 is 0 Å². The Kier molecular flexibility index (Phi) is 3.87. The van der Waals surface area contributed by atoms with E-state index in [1.807, 2.05) is 0 Å². The first-order valence-electron chi connectivity index (χ1n) is 7.43. The van der Waals surface area contributed by atoms with E-state index in [9.17, 15) is 5.11 Å². The summed E-state index contributed by atoms with van der Waals surface area (Å²) in [4.78, 5) is 4.78. The summed E-state index contributed by atoms with van der Waals surface area (Å²) in [6, 6.07) is 7.01. The molecule has 0 radical (unpaired) electrons. The molecule has 0 saturated carbocycles. The first-order valence-corrected chi connectivity index (χ1v) is 7.43. The zero-order chi connectivity index (χ0) is 13.2. The van der Waals surface area contributed by atoms with E-state index >= 15 is 0 Å². The van der Waals surface area contributed by atoms with E-state index in [4.69, 9.17) is 0 Å². The number of hydrogen-bond donors (Lipinski definition) is 1. The highest BCUT2D eigenvalue weighted by molar-refractivity contribution is 5.36. The van der Waals surface area contributed by atoms with Gasteiger partial charge in [0.05, 0.1) is 12.6 Å². The van der Waals surface area contributed by atoms with Crippen LogP contribution in [-0.2, 0) is 12.8 Å². The lowest BCUT2D eigenvalue weighted by Crippen LogP contribution is -2.46. The monoisotopic (exact) mass is 260 g/mol. The molecule has 0 spiro atoms. The molecule has 1 aliphatic heterocycles. The quantitative estimate of drug-likeness (QED) is 0.891. The van der Waals surface area contributed by atoms with Crippen LogP contribution in [0.1, 0.15) is 29.2 Å². The van der Waals surface area contributed by atoms with Crippen molar-refractivity contribution in [3.63, 3.8) is 0 Å². The third-order valence-electron chi connectivity index (χ3n) is 4.66. The molecule has 1 aromatic rings. The van der Waals surface area contributed by atoms with Crippen molar-refractivity contribution in [2.45, 2.75) is 25.3 Å². The van der Waals surface area contributed by atoms with E-state index in [0.29, 0.717) is 0 Å². The number of rotatable bonds is 3. The second kappa shape index (κ2) is 5.61. The van der Waals surface area contributed by atoms with Gasteiger partial charge < -0.3 is 10.0 Å². The number of aliphatic hydroxyl groups excluding tert-OH is 1. The molecule has 1 unspecified atom stereocenters. The number of hydrogen-bond acceptors (Lipinski definition) is 3. The molecule has 3 heteroatoms. The van der Waals surface area contributed by atoms with Gasteiger partial charge in [-0.1, -0.05) is 18.2 Å². The summed E-state index contributed by atoms with van der Waals surface area (Å²) in [6.07, 6.45) is 3.73. The Morgan fingerprint density at radius 3 is 2.58 bits per heavy atom. The Morgan fingerprint density at radius 2 is 1.84 bits per heavy atom. The van der Waals surface area contributed by atoms with Gasteiger partial charge in [-0.25, -0.2) is 0 Å². The molecular weight excluding hydrogens is 236 g/mol. The number of aryl methyl sites for hydroxylation is 2. The van der Waals surface area contributed by atoms with E-state index < -0.39 is 0 Å². The predicted molar refractivity (Wildman–Crippen MR) is 77.4 cm³/mol. The number of nitrogens with zero attached hydrogens (tertiary/aromatic N) is 2. The normalized spacial score (nSPS) is 22.4. The van der Waals surface area contributed by atoms with E-state index in [1.165, 1.54) is 36.0 Å². The van der Waals surface area contributed by atoms with Crippen molar-refractivity contribution in [3.8, 4) is 0 Å². The van der Waals surface area contributed by atoms with Gasteiger partial charge in [-0.05, 0) is 43.0 Å². The average molecular weight is 260 g/mol. The zero-order valence-electron chi connectivity index (χ0n) is 11.8. The molecule has 0 aromatic heterocycles. The van der Waals surface area contributed by atoms with Gasteiger partial charge in [0, 0.05) is 26.2 Å². The minimum Gasteiger partial charge on any atom is -0.394 e. The van der Waals surface area contributed by atoms with Crippen molar-refractivity contribution in [1.82, 2.24) is 9.80 Å². The van der Waals surface area contributed by atoms with Crippen LogP contribution in [0, 0.1) is 0 Å². The highest BCUT2D eigenvalue weighted by Crippen LogP contribution is 2.28. The summed E-state index contributed by atoms with van der Waals surface area (Å²) in [5, 5.41) is 9.79. The maximum absolute atomic E-state index is 9.79. The van der Waals surface area contributed by atoms with Gasteiger partial charge in [-0.2, -0.15) is 0 Å². The maximum Gasteiger partial charge on any atom is 0.0628 e. The van der Waals surface area contributed by atoms with E-state index in [-0.39, 0.29) is 12.6 Å². The van der Waals surface area contributed by atoms with Crippen molar-refractivity contribution in [2.24, 2.45) is 0 Å². The summed E-state index contributed by atoms with van der Waals surface area (Å²) in [7, 11) is 2.17. The lowest BCUT2D eigenvalue weighted by molar-refractivity contribution is 0.0748. The number of likely N-dealkylation sites (N-methyl/N-ethyl adjacent to an activating group) is 1. The molecule has 0 amide bonds. The third kappa shape index (κ3) is 2.69. The van der Waals surface area contributed by atoms with E-state index in [0.717, 1.165) is 26.2 Å². The van der Waals surface area contributed by atoms with E-state index in [1.54, 1.807) is 0 Å². The number of aliphatic hydroxyl groups is 1. The molecular formula is C16H24N2O. The molecule has 0 bridgehead atoms. The summed E-state index contributed by atoms with van der Waals surface area (Å²) >= 11 is 0. The van der Waals surface area contributed by atoms with Crippen LogP contribution in [0.2, 0.25) is 0 Å². The van der Waals surface area contributed by atoms with Gasteiger partial charge in [-0.15, -0.1) is 0 Å². The lowest BCUT2D eigenvalue weighted by Gasteiger charge is -2.37. The van der Waals surface area contributed by atoms with Crippen LogP contribution in [0.15, 0.2) is 18.2 Å². The van der Waals surface area contributed by atoms with Gasteiger partial charge in [-0.3, -0.25) is 4.90 Å². The standard InChI is InChI=1S/C16H24N2O/c1-17-7-9-18(10-8-17)16(12-19)15-6-5-13-3-2-4-14(13)11-15/h5-6,11,16,19H,2-4,7-10,12H2,1H3. The fourth-order valence-electron chi connectivity index (χ4n) is 3.36. The Labute approximate surface area is 115 Å². The molecule has 2 aliphatic rings. The molecule has 1 aromatic carbocycles. The van der Waals surface area contributed by atoms with Crippen molar-refractivity contribution >= 4 is 0 Å². The Bertz CT molecular complexity index is 438. The van der Waals surface area contributed by atoms with Crippen LogP contribution >= 0.6 is 0 Å². The highest BCUT2D eigenvalue weighted by Gasteiger charge is 2.24. The van der Waals surface area contributed by atoms with Crippen molar-refractivity contribution in [1.29, 1.82) is 0 Å². The second-order valence-corrected chi connectivity index (χ2v) is 5.92. The van der Waals surface area contributed by atoms with Crippen LogP contribution in [0.25, 0.3) is 0 Å². The topological polar surface area (TPSA) is 26.7 Å². The Hall–Kier alpha value is -0.900.